The molecule has 3 atom stereocenters. The van der Waals surface area contributed by atoms with Crippen LogP contribution in [0.1, 0.15) is 26.2 Å². The van der Waals surface area contributed by atoms with Gasteiger partial charge in [-0.3, -0.25) is 0 Å². The smallest absolute Gasteiger partial charge is 0.126 e. The van der Waals surface area contributed by atoms with E-state index in [1.54, 1.807) is 0 Å². The summed E-state index contributed by atoms with van der Waals surface area (Å²) in [6.45, 7) is 2.05. The molecule has 54 valence electrons. The maximum absolute atomic E-state index is 12.5. The zero-order chi connectivity index (χ0) is 6.85. The Bertz CT molecular complexity index is 94.9. The van der Waals surface area contributed by atoms with Gasteiger partial charge in [0.15, 0.2) is 0 Å². The first kappa shape index (κ1) is 7.00. The van der Waals surface area contributed by atoms with Crippen molar-refractivity contribution in [1.29, 1.82) is 0 Å². The van der Waals surface area contributed by atoms with Crippen molar-refractivity contribution in [1.82, 2.24) is 0 Å². The molecule has 0 aromatic rings. The molecule has 0 aliphatic heterocycles. The molecule has 0 heterocycles. The van der Waals surface area contributed by atoms with Crippen LogP contribution in [-0.2, 0) is 0 Å². The molecule has 1 nitrogen and oxygen atoms in total. The van der Waals surface area contributed by atoms with Crippen molar-refractivity contribution in [3.8, 4) is 0 Å². The lowest BCUT2D eigenvalue weighted by atomic mass is 9.88. The van der Waals surface area contributed by atoms with Crippen LogP contribution in [0, 0.1) is 5.92 Å². The summed E-state index contributed by atoms with van der Waals surface area (Å²) in [6.07, 6.45) is 0.469. The Hall–Kier alpha value is -0.110. The number of halogens is 1. The highest BCUT2D eigenvalue weighted by Crippen LogP contribution is 2.25. The molecule has 1 N–H and O–H groups in total. The SMILES string of the molecule is CC1CCC(F)C(O)C1. The normalized spacial score (nSPS) is 45.0. The predicted octanol–water partition coefficient (Wildman–Crippen LogP) is 1.51. The van der Waals surface area contributed by atoms with Gasteiger partial charge < -0.3 is 5.11 Å². The largest absolute Gasteiger partial charge is 0.390 e. The van der Waals surface area contributed by atoms with E-state index in [1.165, 1.54) is 0 Å². The van der Waals surface area contributed by atoms with Crippen molar-refractivity contribution >= 4 is 0 Å². The van der Waals surface area contributed by atoms with Crippen molar-refractivity contribution in [3.05, 3.63) is 0 Å². The van der Waals surface area contributed by atoms with Crippen molar-refractivity contribution in [2.75, 3.05) is 0 Å². The Morgan fingerprint density at radius 3 is 2.56 bits per heavy atom. The van der Waals surface area contributed by atoms with E-state index in [9.17, 15) is 4.39 Å². The van der Waals surface area contributed by atoms with Gasteiger partial charge in [-0.05, 0) is 25.2 Å². The van der Waals surface area contributed by atoms with Crippen molar-refractivity contribution in [3.63, 3.8) is 0 Å². The van der Waals surface area contributed by atoms with Gasteiger partial charge in [0, 0.05) is 0 Å². The quantitative estimate of drug-likeness (QED) is 0.529. The zero-order valence-electron chi connectivity index (χ0n) is 5.68. The third kappa shape index (κ3) is 1.65. The highest BCUT2D eigenvalue weighted by molar-refractivity contribution is 4.76. The van der Waals surface area contributed by atoms with Gasteiger partial charge >= 0.3 is 0 Å². The fourth-order valence-electron chi connectivity index (χ4n) is 1.31. The second kappa shape index (κ2) is 2.65. The van der Waals surface area contributed by atoms with Crippen LogP contribution in [0.2, 0.25) is 0 Å². The fourth-order valence-corrected chi connectivity index (χ4v) is 1.31. The summed E-state index contributed by atoms with van der Waals surface area (Å²) in [6, 6.07) is 0. The van der Waals surface area contributed by atoms with E-state index in [1.807, 2.05) is 0 Å². The molecule has 1 rings (SSSR count). The number of hydrogen-bond acceptors (Lipinski definition) is 1. The number of rotatable bonds is 0. The van der Waals surface area contributed by atoms with Crippen LogP contribution in [0.25, 0.3) is 0 Å². The molecule has 1 aliphatic rings. The van der Waals surface area contributed by atoms with E-state index in [2.05, 4.69) is 6.92 Å². The van der Waals surface area contributed by atoms with Crippen LogP contribution >= 0.6 is 0 Å². The molecule has 0 aromatic carbocycles. The van der Waals surface area contributed by atoms with E-state index >= 15 is 0 Å². The molecule has 1 saturated carbocycles. The number of hydrogen-bond donors (Lipinski definition) is 1. The molecule has 0 aromatic heterocycles. The number of aliphatic hydroxyl groups is 1. The van der Waals surface area contributed by atoms with E-state index in [-0.39, 0.29) is 0 Å². The standard InChI is InChI=1S/C7H13FO/c1-5-2-3-6(8)7(9)4-5/h5-7,9H,2-4H2,1H3. The topological polar surface area (TPSA) is 20.2 Å². The summed E-state index contributed by atoms with van der Waals surface area (Å²) >= 11 is 0. The maximum atomic E-state index is 12.5. The molecule has 1 aliphatic carbocycles. The summed E-state index contributed by atoms with van der Waals surface area (Å²) in [5.41, 5.74) is 0. The van der Waals surface area contributed by atoms with Gasteiger partial charge in [0.25, 0.3) is 0 Å². The summed E-state index contributed by atoms with van der Waals surface area (Å²) in [7, 11) is 0. The Morgan fingerprint density at radius 2 is 2.11 bits per heavy atom. The van der Waals surface area contributed by atoms with Gasteiger partial charge in [0.1, 0.15) is 6.17 Å². The highest BCUT2D eigenvalue weighted by Gasteiger charge is 2.25. The van der Waals surface area contributed by atoms with Crippen LogP contribution < -0.4 is 0 Å². The maximum Gasteiger partial charge on any atom is 0.126 e. The Kier molecular flexibility index (Phi) is 2.06. The Balaban J connectivity index is 2.35. The molecule has 3 unspecified atom stereocenters. The van der Waals surface area contributed by atoms with E-state index in [4.69, 9.17) is 5.11 Å². The number of alkyl halides is 1. The van der Waals surface area contributed by atoms with Gasteiger partial charge in [-0.15, -0.1) is 0 Å². The molecule has 0 spiro atoms. The average Bonchev–Trinajstić information content (AvgIpc) is 1.80. The predicted molar refractivity (Wildman–Crippen MR) is 33.9 cm³/mol. The fraction of sp³-hybridized carbons (Fsp3) is 1.00. The van der Waals surface area contributed by atoms with Crippen molar-refractivity contribution in [2.24, 2.45) is 5.92 Å². The van der Waals surface area contributed by atoms with Crippen LogP contribution in [-0.4, -0.2) is 17.4 Å². The third-order valence-electron chi connectivity index (χ3n) is 2.00. The van der Waals surface area contributed by atoms with Gasteiger partial charge in [-0.1, -0.05) is 6.92 Å². The first-order valence-electron chi connectivity index (χ1n) is 3.52. The minimum Gasteiger partial charge on any atom is -0.390 e. The first-order valence-corrected chi connectivity index (χ1v) is 3.52. The summed E-state index contributed by atoms with van der Waals surface area (Å²) in [5.74, 6) is 0.506. The van der Waals surface area contributed by atoms with Crippen LogP contribution in [0.4, 0.5) is 4.39 Å². The molecule has 0 amide bonds. The first-order chi connectivity index (χ1) is 4.20. The zero-order valence-corrected chi connectivity index (χ0v) is 5.68. The molecule has 2 heteroatoms. The Labute approximate surface area is 54.9 Å². The van der Waals surface area contributed by atoms with Crippen molar-refractivity contribution < 1.29 is 9.50 Å². The second-order valence-electron chi connectivity index (χ2n) is 3.00. The van der Waals surface area contributed by atoms with Gasteiger partial charge in [-0.2, -0.15) is 0 Å². The van der Waals surface area contributed by atoms with Gasteiger partial charge in [0.2, 0.25) is 0 Å². The van der Waals surface area contributed by atoms with Crippen molar-refractivity contribution in [2.45, 2.75) is 38.5 Å². The lowest BCUT2D eigenvalue weighted by molar-refractivity contribution is 0.0261. The molecule has 1 fully saturated rings. The van der Waals surface area contributed by atoms with E-state index in [0.717, 1.165) is 6.42 Å². The van der Waals surface area contributed by atoms with E-state index in [0.29, 0.717) is 18.8 Å². The summed E-state index contributed by atoms with van der Waals surface area (Å²) in [4.78, 5) is 0. The Morgan fingerprint density at radius 1 is 1.44 bits per heavy atom. The molecule has 9 heavy (non-hydrogen) atoms. The van der Waals surface area contributed by atoms with E-state index < -0.39 is 12.3 Å². The monoisotopic (exact) mass is 132 g/mol. The van der Waals surface area contributed by atoms with Crippen LogP contribution in [0.15, 0.2) is 0 Å². The molecular weight excluding hydrogens is 119 g/mol. The second-order valence-corrected chi connectivity index (χ2v) is 3.00. The van der Waals surface area contributed by atoms with Crippen LogP contribution in [0.3, 0.4) is 0 Å². The average molecular weight is 132 g/mol. The lowest BCUT2D eigenvalue weighted by Crippen LogP contribution is -2.29. The summed E-state index contributed by atoms with van der Waals surface area (Å²) in [5, 5.41) is 8.97. The van der Waals surface area contributed by atoms with Gasteiger partial charge in [-0.25, -0.2) is 4.39 Å². The molecule has 0 saturated heterocycles. The minimum absolute atomic E-state index is 0.506. The minimum atomic E-state index is -0.957. The molecule has 0 bridgehead atoms. The third-order valence-corrected chi connectivity index (χ3v) is 2.00. The summed E-state index contributed by atoms with van der Waals surface area (Å²) < 4.78 is 12.5. The highest BCUT2D eigenvalue weighted by atomic mass is 19.1. The molecular formula is C7H13FO. The molecule has 0 radical (unpaired) electrons. The lowest BCUT2D eigenvalue weighted by Gasteiger charge is -2.25. The van der Waals surface area contributed by atoms with Crippen LogP contribution in [0.5, 0.6) is 0 Å². The van der Waals surface area contributed by atoms with Gasteiger partial charge in [0.05, 0.1) is 6.10 Å². The number of aliphatic hydroxyl groups excluding tert-OH is 1.